The van der Waals surface area contributed by atoms with Crippen molar-refractivity contribution in [2.45, 2.75) is 19.8 Å². The molecule has 0 unspecified atom stereocenters. The third-order valence-corrected chi connectivity index (χ3v) is 3.59. The highest BCUT2D eigenvalue weighted by molar-refractivity contribution is 5.77. The van der Waals surface area contributed by atoms with Gasteiger partial charge in [-0.05, 0) is 6.42 Å². The van der Waals surface area contributed by atoms with Crippen LogP contribution in [0.1, 0.15) is 19.8 Å². The minimum Gasteiger partial charge on any atom is -0.353 e. The SMILES string of the molecule is CCCCNc1nnc(-c2ccccc2)c(-c2ccccc2)n1. The Hall–Kier alpha value is -2.75. The fraction of sp³-hybridized carbons (Fsp3) is 0.211. The van der Waals surface area contributed by atoms with Crippen LogP contribution in [0.5, 0.6) is 0 Å². The second-order valence-corrected chi connectivity index (χ2v) is 5.35. The Bertz CT molecular complexity index is 742. The summed E-state index contributed by atoms with van der Waals surface area (Å²) in [4.78, 5) is 4.71. The smallest absolute Gasteiger partial charge is 0.243 e. The van der Waals surface area contributed by atoms with Crippen molar-refractivity contribution in [3.05, 3.63) is 60.7 Å². The van der Waals surface area contributed by atoms with Gasteiger partial charge in [-0.3, -0.25) is 0 Å². The number of unbranched alkanes of at least 4 members (excludes halogenated alkanes) is 1. The van der Waals surface area contributed by atoms with Gasteiger partial charge in [0.25, 0.3) is 0 Å². The van der Waals surface area contributed by atoms with Gasteiger partial charge in [0.05, 0.1) is 0 Å². The lowest BCUT2D eigenvalue weighted by Crippen LogP contribution is -2.08. The minimum atomic E-state index is 0.581. The average Bonchev–Trinajstić information content (AvgIpc) is 2.63. The van der Waals surface area contributed by atoms with Crippen LogP contribution in [0, 0.1) is 0 Å². The summed E-state index contributed by atoms with van der Waals surface area (Å²) in [5, 5.41) is 11.9. The molecule has 0 bridgehead atoms. The first-order chi connectivity index (χ1) is 11.4. The van der Waals surface area contributed by atoms with E-state index >= 15 is 0 Å². The molecule has 0 radical (unpaired) electrons. The van der Waals surface area contributed by atoms with Crippen LogP contribution in [0.15, 0.2) is 60.7 Å². The summed E-state index contributed by atoms with van der Waals surface area (Å²) in [5.41, 5.74) is 3.72. The van der Waals surface area contributed by atoms with E-state index in [-0.39, 0.29) is 0 Å². The van der Waals surface area contributed by atoms with Gasteiger partial charge < -0.3 is 5.32 Å². The highest BCUT2D eigenvalue weighted by atomic mass is 15.2. The molecule has 0 saturated heterocycles. The number of anilines is 1. The first kappa shape index (κ1) is 15.2. The molecule has 0 aliphatic rings. The van der Waals surface area contributed by atoms with Crippen molar-refractivity contribution in [2.24, 2.45) is 0 Å². The van der Waals surface area contributed by atoms with Crippen LogP contribution >= 0.6 is 0 Å². The van der Waals surface area contributed by atoms with E-state index in [4.69, 9.17) is 4.98 Å². The van der Waals surface area contributed by atoms with E-state index in [1.54, 1.807) is 0 Å². The Morgan fingerprint density at radius 1 is 0.783 bits per heavy atom. The summed E-state index contributed by atoms with van der Waals surface area (Å²) in [7, 11) is 0. The number of hydrogen-bond acceptors (Lipinski definition) is 4. The van der Waals surface area contributed by atoms with Gasteiger partial charge in [0.1, 0.15) is 11.4 Å². The van der Waals surface area contributed by atoms with Gasteiger partial charge in [-0.2, -0.15) is 0 Å². The van der Waals surface area contributed by atoms with E-state index in [1.165, 1.54) is 0 Å². The molecule has 23 heavy (non-hydrogen) atoms. The van der Waals surface area contributed by atoms with Crippen LogP contribution in [-0.2, 0) is 0 Å². The molecule has 0 amide bonds. The van der Waals surface area contributed by atoms with Crippen LogP contribution in [0.2, 0.25) is 0 Å². The number of nitrogens with zero attached hydrogens (tertiary/aromatic N) is 3. The molecule has 3 aromatic rings. The van der Waals surface area contributed by atoms with Crippen molar-refractivity contribution >= 4 is 5.95 Å². The average molecular weight is 304 g/mol. The topological polar surface area (TPSA) is 50.7 Å². The number of rotatable bonds is 6. The summed E-state index contributed by atoms with van der Waals surface area (Å²) < 4.78 is 0. The number of aromatic nitrogens is 3. The molecule has 1 N–H and O–H groups in total. The fourth-order valence-corrected chi connectivity index (χ4v) is 2.37. The van der Waals surface area contributed by atoms with Crippen LogP contribution in [0.4, 0.5) is 5.95 Å². The highest BCUT2D eigenvalue weighted by Gasteiger charge is 2.12. The lowest BCUT2D eigenvalue weighted by atomic mass is 10.0. The predicted molar refractivity (Wildman–Crippen MR) is 94.1 cm³/mol. The molecule has 2 aromatic carbocycles. The molecule has 0 fully saturated rings. The molecular formula is C19H20N4. The molecule has 0 aliphatic heterocycles. The lowest BCUT2D eigenvalue weighted by molar-refractivity contribution is 0.820. The molecule has 116 valence electrons. The van der Waals surface area contributed by atoms with Gasteiger partial charge >= 0.3 is 0 Å². The quantitative estimate of drug-likeness (QED) is 0.685. The Morgan fingerprint density at radius 3 is 2.00 bits per heavy atom. The standard InChI is InChI=1S/C19H20N4/c1-2-3-14-20-19-21-17(15-10-6-4-7-11-15)18(22-23-19)16-12-8-5-9-13-16/h4-13H,2-3,14H2,1H3,(H,20,21,23). The molecule has 1 heterocycles. The van der Waals surface area contributed by atoms with Gasteiger partial charge in [-0.1, -0.05) is 74.0 Å². The summed E-state index contributed by atoms with van der Waals surface area (Å²) in [6.07, 6.45) is 2.22. The molecule has 0 spiro atoms. The van der Waals surface area contributed by atoms with E-state index < -0.39 is 0 Å². The van der Waals surface area contributed by atoms with E-state index in [9.17, 15) is 0 Å². The van der Waals surface area contributed by atoms with Gasteiger partial charge in [0.15, 0.2) is 0 Å². The zero-order chi connectivity index (χ0) is 15.9. The second-order valence-electron chi connectivity index (χ2n) is 5.35. The van der Waals surface area contributed by atoms with E-state index in [0.717, 1.165) is 41.9 Å². The van der Waals surface area contributed by atoms with Gasteiger partial charge in [-0.15, -0.1) is 10.2 Å². The van der Waals surface area contributed by atoms with Crippen molar-refractivity contribution in [2.75, 3.05) is 11.9 Å². The van der Waals surface area contributed by atoms with Gasteiger partial charge in [0, 0.05) is 17.7 Å². The van der Waals surface area contributed by atoms with Crippen molar-refractivity contribution in [3.8, 4) is 22.5 Å². The normalized spacial score (nSPS) is 10.5. The molecule has 1 aromatic heterocycles. The third-order valence-electron chi connectivity index (χ3n) is 3.59. The molecule has 4 nitrogen and oxygen atoms in total. The highest BCUT2D eigenvalue weighted by Crippen LogP contribution is 2.28. The molecule has 0 atom stereocenters. The Morgan fingerprint density at radius 2 is 1.39 bits per heavy atom. The summed E-state index contributed by atoms with van der Waals surface area (Å²) in [6.45, 7) is 3.02. The molecule has 4 heteroatoms. The van der Waals surface area contributed by atoms with Gasteiger partial charge in [0.2, 0.25) is 5.95 Å². The Kier molecular flexibility index (Phi) is 4.94. The maximum Gasteiger partial charge on any atom is 0.243 e. The Labute approximate surface area is 136 Å². The van der Waals surface area contributed by atoms with E-state index in [0.29, 0.717) is 5.95 Å². The third kappa shape index (κ3) is 3.72. The molecule has 0 aliphatic carbocycles. The van der Waals surface area contributed by atoms with Gasteiger partial charge in [-0.25, -0.2) is 4.98 Å². The Balaban J connectivity index is 2.02. The number of nitrogens with one attached hydrogen (secondary N) is 1. The predicted octanol–water partition coefficient (Wildman–Crippen LogP) is 4.42. The van der Waals surface area contributed by atoms with Crippen LogP contribution in [0.3, 0.4) is 0 Å². The lowest BCUT2D eigenvalue weighted by Gasteiger charge is -2.10. The number of hydrogen-bond donors (Lipinski definition) is 1. The summed E-state index contributed by atoms with van der Waals surface area (Å²) >= 11 is 0. The first-order valence-corrected chi connectivity index (χ1v) is 7.98. The molecule has 0 saturated carbocycles. The van der Waals surface area contributed by atoms with E-state index in [2.05, 4.69) is 22.4 Å². The van der Waals surface area contributed by atoms with E-state index in [1.807, 2.05) is 60.7 Å². The summed E-state index contributed by atoms with van der Waals surface area (Å²) in [6, 6.07) is 20.2. The van der Waals surface area contributed by atoms with Crippen LogP contribution < -0.4 is 5.32 Å². The summed E-state index contributed by atoms with van der Waals surface area (Å²) in [5.74, 6) is 0.581. The van der Waals surface area contributed by atoms with Crippen molar-refractivity contribution in [1.82, 2.24) is 15.2 Å². The second kappa shape index (κ2) is 7.49. The minimum absolute atomic E-state index is 0.581. The van der Waals surface area contributed by atoms with Crippen molar-refractivity contribution in [1.29, 1.82) is 0 Å². The first-order valence-electron chi connectivity index (χ1n) is 7.98. The van der Waals surface area contributed by atoms with Crippen molar-refractivity contribution < 1.29 is 0 Å². The zero-order valence-corrected chi connectivity index (χ0v) is 13.2. The monoisotopic (exact) mass is 304 g/mol. The number of benzene rings is 2. The zero-order valence-electron chi connectivity index (χ0n) is 13.2. The fourth-order valence-electron chi connectivity index (χ4n) is 2.37. The largest absolute Gasteiger partial charge is 0.353 e. The maximum absolute atomic E-state index is 4.71. The van der Waals surface area contributed by atoms with Crippen LogP contribution in [-0.4, -0.2) is 21.7 Å². The maximum atomic E-state index is 4.71. The molecular weight excluding hydrogens is 284 g/mol. The van der Waals surface area contributed by atoms with Crippen molar-refractivity contribution in [3.63, 3.8) is 0 Å². The molecule has 3 rings (SSSR count). The van der Waals surface area contributed by atoms with Crippen LogP contribution in [0.25, 0.3) is 22.5 Å².